The highest BCUT2D eigenvalue weighted by molar-refractivity contribution is 6.10. The van der Waals surface area contributed by atoms with Gasteiger partial charge in [-0.15, -0.1) is 0 Å². The second-order valence-corrected chi connectivity index (χ2v) is 8.87. The molecular formula is C27H27N3O5. The number of nitrogens with zero attached hydrogens (tertiary/aromatic N) is 1. The third kappa shape index (κ3) is 6.77. The zero-order valence-electron chi connectivity index (χ0n) is 20.0. The van der Waals surface area contributed by atoms with Crippen LogP contribution in [0.4, 0.5) is 11.4 Å². The fraction of sp³-hybridized carbons (Fsp3) is 0.185. The molecule has 0 radical (unpaired) electrons. The van der Waals surface area contributed by atoms with Crippen molar-refractivity contribution >= 4 is 29.3 Å². The number of benzene rings is 3. The van der Waals surface area contributed by atoms with Crippen LogP contribution in [-0.2, 0) is 10.2 Å². The number of hydrogen-bond donors (Lipinski definition) is 2. The molecule has 8 nitrogen and oxygen atoms in total. The van der Waals surface area contributed by atoms with E-state index in [2.05, 4.69) is 31.4 Å². The molecule has 0 unspecified atom stereocenters. The Kier molecular flexibility index (Phi) is 7.66. The van der Waals surface area contributed by atoms with Gasteiger partial charge in [0.25, 0.3) is 17.5 Å². The van der Waals surface area contributed by atoms with Crippen LogP contribution in [0.5, 0.6) is 5.75 Å². The smallest absolute Gasteiger partial charge is 0.272 e. The lowest BCUT2D eigenvalue weighted by Crippen LogP contribution is -2.30. The van der Waals surface area contributed by atoms with Crippen LogP contribution in [0.3, 0.4) is 0 Å². The van der Waals surface area contributed by atoms with Gasteiger partial charge in [0.15, 0.2) is 0 Å². The summed E-state index contributed by atoms with van der Waals surface area (Å²) >= 11 is 0. The molecule has 0 saturated carbocycles. The molecule has 0 bridgehead atoms. The van der Waals surface area contributed by atoms with Crippen molar-refractivity contribution in [3.63, 3.8) is 0 Å². The largest absolute Gasteiger partial charge is 0.497 e. The number of anilines is 1. The number of nitro benzene ring substituents is 1. The lowest BCUT2D eigenvalue weighted by molar-refractivity contribution is -0.384. The maximum Gasteiger partial charge on any atom is 0.272 e. The van der Waals surface area contributed by atoms with E-state index in [1.165, 1.54) is 31.4 Å². The summed E-state index contributed by atoms with van der Waals surface area (Å²) < 4.78 is 5.13. The van der Waals surface area contributed by atoms with E-state index in [4.69, 9.17) is 4.74 Å². The van der Waals surface area contributed by atoms with E-state index >= 15 is 0 Å². The number of nitro groups is 1. The van der Waals surface area contributed by atoms with E-state index in [-0.39, 0.29) is 16.8 Å². The van der Waals surface area contributed by atoms with Crippen LogP contribution in [0.25, 0.3) is 6.08 Å². The molecule has 0 atom stereocenters. The molecule has 0 aliphatic heterocycles. The molecule has 35 heavy (non-hydrogen) atoms. The highest BCUT2D eigenvalue weighted by atomic mass is 16.6. The van der Waals surface area contributed by atoms with E-state index in [0.29, 0.717) is 22.6 Å². The third-order valence-electron chi connectivity index (χ3n) is 5.25. The molecule has 3 aromatic rings. The Labute approximate surface area is 203 Å². The van der Waals surface area contributed by atoms with Gasteiger partial charge >= 0.3 is 0 Å². The molecule has 0 fully saturated rings. The predicted octanol–water partition coefficient (Wildman–Crippen LogP) is 5.31. The molecule has 8 heteroatoms. The molecule has 180 valence electrons. The maximum absolute atomic E-state index is 13.1. The minimum absolute atomic E-state index is 0.0637. The average molecular weight is 474 g/mol. The summed E-state index contributed by atoms with van der Waals surface area (Å²) in [5, 5.41) is 16.5. The van der Waals surface area contributed by atoms with Crippen molar-refractivity contribution in [3.8, 4) is 5.75 Å². The Bertz CT molecular complexity index is 1260. The van der Waals surface area contributed by atoms with E-state index in [0.717, 1.165) is 5.56 Å². The normalized spacial score (nSPS) is 11.5. The second kappa shape index (κ2) is 10.6. The van der Waals surface area contributed by atoms with Gasteiger partial charge in [-0.3, -0.25) is 19.7 Å². The summed E-state index contributed by atoms with van der Waals surface area (Å²) in [7, 11) is 1.54. The Morgan fingerprint density at radius 1 is 0.971 bits per heavy atom. The molecular weight excluding hydrogens is 446 g/mol. The number of ether oxygens (including phenoxy) is 1. The third-order valence-corrected chi connectivity index (χ3v) is 5.25. The van der Waals surface area contributed by atoms with Gasteiger partial charge in [-0.2, -0.15) is 0 Å². The average Bonchev–Trinajstić information content (AvgIpc) is 2.83. The number of non-ortho nitro benzene ring substituents is 1. The number of methoxy groups -OCH3 is 1. The molecule has 0 aromatic heterocycles. The van der Waals surface area contributed by atoms with Gasteiger partial charge in [0.2, 0.25) is 0 Å². The first-order valence-electron chi connectivity index (χ1n) is 10.9. The standard InChI is InChI=1S/C27H27N3O5/c1-27(2,3)20-10-8-19(9-11-20)25(31)29-24(17-18-6-5-7-22(16-18)30(33)34)26(32)28-21-12-14-23(35-4)15-13-21/h5-17H,1-4H3,(H,28,32)(H,29,31)/b24-17+. The minimum Gasteiger partial charge on any atom is -0.497 e. The first kappa shape index (κ1) is 25.2. The van der Waals surface area contributed by atoms with Crippen LogP contribution >= 0.6 is 0 Å². The monoisotopic (exact) mass is 473 g/mol. The first-order valence-corrected chi connectivity index (χ1v) is 10.9. The second-order valence-electron chi connectivity index (χ2n) is 8.87. The van der Waals surface area contributed by atoms with E-state index in [1.54, 1.807) is 42.5 Å². The fourth-order valence-electron chi connectivity index (χ4n) is 3.24. The molecule has 0 heterocycles. The van der Waals surface area contributed by atoms with Crippen molar-refractivity contribution in [1.29, 1.82) is 0 Å². The Morgan fingerprint density at radius 2 is 1.63 bits per heavy atom. The topological polar surface area (TPSA) is 111 Å². The van der Waals surface area contributed by atoms with Gasteiger partial charge in [0, 0.05) is 23.4 Å². The van der Waals surface area contributed by atoms with Crippen LogP contribution < -0.4 is 15.4 Å². The van der Waals surface area contributed by atoms with Gasteiger partial charge in [-0.1, -0.05) is 45.0 Å². The zero-order valence-corrected chi connectivity index (χ0v) is 20.0. The number of nitrogens with one attached hydrogen (secondary N) is 2. The summed E-state index contributed by atoms with van der Waals surface area (Å²) in [6.07, 6.45) is 1.40. The van der Waals surface area contributed by atoms with E-state index in [9.17, 15) is 19.7 Å². The first-order chi connectivity index (χ1) is 16.6. The van der Waals surface area contributed by atoms with Crippen LogP contribution in [0.2, 0.25) is 0 Å². The summed E-state index contributed by atoms with van der Waals surface area (Å²) in [5.74, 6) is -0.435. The van der Waals surface area contributed by atoms with Crippen LogP contribution in [0, 0.1) is 10.1 Å². The Balaban J connectivity index is 1.90. The maximum atomic E-state index is 13.1. The summed E-state index contributed by atoms with van der Waals surface area (Å²) in [5.41, 5.74) is 2.06. The predicted molar refractivity (Wildman–Crippen MR) is 135 cm³/mol. The lowest BCUT2D eigenvalue weighted by atomic mass is 9.87. The van der Waals surface area contributed by atoms with Crippen LogP contribution in [0.15, 0.2) is 78.5 Å². The summed E-state index contributed by atoms with van der Waals surface area (Å²) in [6.45, 7) is 6.22. The van der Waals surface area contributed by atoms with Crippen molar-refractivity contribution < 1.29 is 19.2 Å². The van der Waals surface area contributed by atoms with Crippen molar-refractivity contribution in [3.05, 3.63) is 105 Å². The van der Waals surface area contributed by atoms with E-state index in [1.807, 2.05) is 12.1 Å². The molecule has 3 rings (SSSR count). The number of carbonyl (C=O) groups excluding carboxylic acids is 2. The van der Waals surface area contributed by atoms with Crippen molar-refractivity contribution in [1.82, 2.24) is 5.32 Å². The summed E-state index contributed by atoms with van der Waals surface area (Å²) in [4.78, 5) is 36.7. The van der Waals surface area contributed by atoms with Gasteiger partial charge in [0.05, 0.1) is 12.0 Å². The van der Waals surface area contributed by atoms with Crippen LogP contribution in [0.1, 0.15) is 42.3 Å². The van der Waals surface area contributed by atoms with Gasteiger partial charge in [-0.05, 0) is 59.0 Å². The molecule has 0 spiro atoms. The van der Waals surface area contributed by atoms with Crippen molar-refractivity contribution in [2.45, 2.75) is 26.2 Å². The number of hydrogen-bond acceptors (Lipinski definition) is 5. The minimum atomic E-state index is -0.582. The quantitative estimate of drug-likeness (QED) is 0.274. The van der Waals surface area contributed by atoms with E-state index < -0.39 is 16.7 Å². The van der Waals surface area contributed by atoms with Gasteiger partial charge in [0.1, 0.15) is 11.4 Å². The number of carbonyl (C=O) groups is 2. The number of amides is 2. The molecule has 0 aliphatic carbocycles. The molecule has 3 aromatic carbocycles. The molecule has 0 saturated heterocycles. The van der Waals surface area contributed by atoms with Gasteiger partial charge < -0.3 is 15.4 Å². The lowest BCUT2D eigenvalue weighted by Gasteiger charge is -2.19. The highest BCUT2D eigenvalue weighted by Gasteiger charge is 2.18. The van der Waals surface area contributed by atoms with Gasteiger partial charge in [-0.25, -0.2) is 0 Å². The SMILES string of the molecule is COc1ccc(NC(=O)/C(=C\c2cccc([N+](=O)[O-])c2)NC(=O)c2ccc(C(C)(C)C)cc2)cc1. The van der Waals surface area contributed by atoms with Crippen LogP contribution in [-0.4, -0.2) is 23.8 Å². The highest BCUT2D eigenvalue weighted by Crippen LogP contribution is 2.23. The zero-order chi connectivity index (χ0) is 25.6. The Morgan fingerprint density at radius 3 is 2.20 bits per heavy atom. The van der Waals surface area contributed by atoms with Crippen molar-refractivity contribution in [2.75, 3.05) is 12.4 Å². The number of rotatable bonds is 7. The molecule has 2 N–H and O–H groups in total. The summed E-state index contributed by atoms with van der Waals surface area (Å²) in [6, 6.07) is 19.6. The van der Waals surface area contributed by atoms with Crippen molar-refractivity contribution in [2.24, 2.45) is 0 Å². The Hall–Kier alpha value is -4.46. The molecule has 2 amide bonds. The fourth-order valence-corrected chi connectivity index (χ4v) is 3.24. The molecule has 0 aliphatic rings.